The Bertz CT molecular complexity index is 438. The van der Waals surface area contributed by atoms with Gasteiger partial charge >= 0.3 is 0 Å². The lowest BCUT2D eigenvalue weighted by Crippen LogP contribution is -2.51. The molecule has 21 heavy (non-hydrogen) atoms. The minimum Gasteiger partial charge on any atom is -0.377 e. The van der Waals surface area contributed by atoms with Crippen molar-refractivity contribution in [3.05, 3.63) is 35.4 Å². The third kappa shape index (κ3) is 3.87. The zero-order valence-corrected chi connectivity index (χ0v) is 14.1. The van der Waals surface area contributed by atoms with Crippen LogP contribution < -0.4 is 5.73 Å². The highest BCUT2D eigenvalue weighted by Gasteiger charge is 2.37. The van der Waals surface area contributed by atoms with Crippen molar-refractivity contribution in [2.45, 2.75) is 76.4 Å². The van der Waals surface area contributed by atoms with Crippen LogP contribution in [0.15, 0.2) is 24.3 Å². The van der Waals surface area contributed by atoms with Crippen molar-refractivity contribution >= 4 is 0 Å². The van der Waals surface area contributed by atoms with Gasteiger partial charge in [0.15, 0.2) is 0 Å². The quantitative estimate of drug-likeness (QED) is 0.901. The molecule has 1 aliphatic carbocycles. The summed E-state index contributed by atoms with van der Waals surface area (Å²) in [7, 11) is 1.83. The second-order valence-corrected chi connectivity index (χ2v) is 7.59. The normalized spacial score (nSPS) is 20.2. The highest BCUT2D eigenvalue weighted by atomic mass is 16.5. The van der Waals surface area contributed by atoms with Gasteiger partial charge in [0.05, 0.1) is 5.60 Å². The Balaban J connectivity index is 2.06. The first-order chi connectivity index (χ1) is 9.87. The van der Waals surface area contributed by atoms with Crippen LogP contribution in [-0.4, -0.2) is 18.8 Å². The van der Waals surface area contributed by atoms with E-state index in [1.807, 2.05) is 7.11 Å². The van der Waals surface area contributed by atoms with Crippen molar-refractivity contribution in [2.75, 3.05) is 7.11 Å². The lowest BCUT2D eigenvalue weighted by molar-refractivity contribution is -0.0582. The van der Waals surface area contributed by atoms with E-state index < -0.39 is 0 Å². The summed E-state index contributed by atoms with van der Waals surface area (Å²) in [5, 5.41) is 0. The number of hydrogen-bond donors (Lipinski definition) is 1. The number of nitrogens with two attached hydrogens (primary N) is 1. The van der Waals surface area contributed by atoms with E-state index in [1.54, 1.807) is 0 Å². The predicted octanol–water partition coefficient (Wildman–Crippen LogP) is 4.20. The molecule has 2 rings (SSSR count). The third-order valence-electron chi connectivity index (χ3n) is 5.06. The summed E-state index contributed by atoms with van der Waals surface area (Å²) in [5.41, 5.74) is 9.31. The maximum absolute atomic E-state index is 6.52. The van der Waals surface area contributed by atoms with Gasteiger partial charge in [0.1, 0.15) is 0 Å². The van der Waals surface area contributed by atoms with E-state index in [0.29, 0.717) is 0 Å². The molecule has 1 aromatic rings. The van der Waals surface area contributed by atoms with E-state index in [2.05, 4.69) is 45.0 Å². The van der Waals surface area contributed by atoms with E-state index >= 15 is 0 Å². The molecule has 0 spiro atoms. The largest absolute Gasteiger partial charge is 0.377 e. The summed E-state index contributed by atoms with van der Waals surface area (Å²) in [6.07, 6.45) is 6.90. The molecule has 1 aromatic carbocycles. The Labute approximate surface area is 130 Å². The maximum atomic E-state index is 6.52. The molecular weight excluding hydrogens is 258 g/mol. The van der Waals surface area contributed by atoms with Gasteiger partial charge in [0.25, 0.3) is 0 Å². The Morgan fingerprint density at radius 3 is 2.14 bits per heavy atom. The molecule has 0 saturated heterocycles. The Morgan fingerprint density at radius 1 is 1.10 bits per heavy atom. The van der Waals surface area contributed by atoms with Gasteiger partial charge < -0.3 is 10.5 Å². The van der Waals surface area contributed by atoms with E-state index in [4.69, 9.17) is 10.5 Å². The first-order valence-corrected chi connectivity index (χ1v) is 8.27. The fourth-order valence-electron chi connectivity index (χ4n) is 3.46. The number of methoxy groups -OCH3 is 1. The van der Waals surface area contributed by atoms with E-state index in [1.165, 1.54) is 30.4 Å². The van der Waals surface area contributed by atoms with Crippen LogP contribution in [0.2, 0.25) is 0 Å². The summed E-state index contributed by atoms with van der Waals surface area (Å²) in [5.74, 6) is 0. The summed E-state index contributed by atoms with van der Waals surface area (Å²) in [6.45, 7) is 6.74. The van der Waals surface area contributed by atoms with Gasteiger partial charge in [-0.15, -0.1) is 0 Å². The third-order valence-corrected chi connectivity index (χ3v) is 5.06. The summed E-state index contributed by atoms with van der Waals surface area (Å²) >= 11 is 0. The lowest BCUT2D eigenvalue weighted by Gasteiger charge is -2.41. The van der Waals surface area contributed by atoms with Crippen LogP contribution >= 0.6 is 0 Å². The SMILES string of the molecule is COC1(C(N)Cc2ccc(C(C)(C)C)cc2)CCCCC1. The molecule has 0 bridgehead atoms. The lowest BCUT2D eigenvalue weighted by atomic mass is 9.77. The van der Waals surface area contributed by atoms with Crippen LogP contribution in [-0.2, 0) is 16.6 Å². The molecule has 0 aliphatic heterocycles. The zero-order valence-electron chi connectivity index (χ0n) is 14.1. The Hall–Kier alpha value is -0.860. The molecule has 1 fully saturated rings. The van der Waals surface area contributed by atoms with Crippen molar-refractivity contribution < 1.29 is 4.74 Å². The van der Waals surface area contributed by atoms with Crippen molar-refractivity contribution in [1.82, 2.24) is 0 Å². The fraction of sp³-hybridized carbons (Fsp3) is 0.684. The van der Waals surface area contributed by atoms with Gasteiger partial charge in [-0.05, 0) is 35.8 Å². The smallest absolute Gasteiger partial charge is 0.0832 e. The van der Waals surface area contributed by atoms with Crippen LogP contribution in [0.5, 0.6) is 0 Å². The maximum Gasteiger partial charge on any atom is 0.0832 e. The molecule has 1 aliphatic rings. The molecule has 118 valence electrons. The number of benzene rings is 1. The van der Waals surface area contributed by atoms with Gasteiger partial charge in [0, 0.05) is 13.2 Å². The highest BCUT2D eigenvalue weighted by molar-refractivity contribution is 5.28. The summed E-state index contributed by atoms with van der Waals surface area (Å²) in [4.78, 5) is 0. The average Bonchev–Trinajstić information content (AvgIpc) is 2.47. The van der Waals surface area contributed by atoms with Gasteiger partial charge in [-0.1, -0.05) is 64.3 Å². The second kappa shape index (κ2) is 6.50. The predicted molar refractivity (Wildman–Crippen MR) is 89.6 cm³/mol. The van der Waals surface area contributed by atoms with Crippen molar-refractivity contribution in [3.63, 3.8) is 0 Å². The van der Waals surface area contributed by atoms with E-state index in [0.717, 1.165) is 19.3 Å². The average molecular weight is 289 g/mol. The molecule has 1 unspecified atom stereocenters. The van der Waals surface area contributed by atoms with Gasteiger partial charge in [-0.3, -0.25) is 0 Å². The number of ether oxygens (including phenoxy) is 1. The molecular formula is C19H31NO. The second-order valence-electron chi connectivity index (χ2n) is 7.59. The number of rotatable bonds is 4. The molecule has 2 nitrogen and oxygen atoms in total. The molecule has 2 N–H and O–H groups in total. The standard InChI is InChI=1S/C19H31NO/c1-18(2,3)16-10-8-15(9-11-16)14-17(20)19(21-4)12-6-5-7-13-19/h8-11,17H,5-7,12-14,20H2,1-4H3. The van der Waals surface area contributed by atoms with Crippen molar-refractivity contribution in [1.29, 1.82) is 0 Å². The molecule has 0 amide bonds. The van der Waals surface area contributed by atoms with Gasteiger partial charge in [0.2, 0.25) is 0 Å². The molecule has 1 saturated carbocycles. The fourth-order valence-corrected chi connectivity index (χ4v) is 3.46. The molecule has 2 heteroatoms. The Morgan fingerprint density at radius 2 is 1.67 bits per heavy atom. The monoisotopic (exact) mass is 289 g/mol. The minimum absolute atomic E-state index is 0.0864. The summed E-state index contributed by atoms with van der Waals surface area (Å²) in [6, 6.07) is 9.02. The minimum atomic E-state index is -0.110. The highest BCUT2D eigenvalue weighted by Crippen LogP contribution is 2.34. The molecule has 0 heterocycles. The molecule has 0 radical (unpaired) electrons. The Kier molecular flexibility index (Phi) is 5.11. The summed E-state index contributed by atoms with van der Waals surface area (Å²) < 4.78 is 5.87. The van der Waals surface area contributed by atoms with Crippen LogP contribution in [0, 0.1) is 0 Å². The van der Waals surface area contributed by atoms with E-state index in [9.17, 15) is 0 Å². The van der Waals surface area contributed by atoms with Crippen LogP contribution in [0.4, 0.5) is 0 Å². The molecule has 1 atom stereocenters. The first kappa shape index (κ1) is 16.5. The van der Waals surface area contributed by atoms with Gasteiger partial charge in [-0.2, -0.15) is 0 Å². The van der Waals surface area contributed by atoms with Gasteiger partial charge in [-0.25, -0.2) is 0 Å². The van der Waals surface area contributed by atoms with Crippen molar-refractivity contribution in [2.24, 2.45) is 5.73 Å². The number of hydrogen-bond acceptors (Lipinski definition) is 2. The topological polar surface area (TPSA) is 35.2 Å². The van der Waals surface area contributed by atoms with Crippen LogP contribution in [0.3, 0.4) is 0 Å². The van der Waals surface area contributed by atoms with Crippen molar-refractivity contribution in [3.8, 4) is 0 Å². The first-order valence-electron chi connectivity index (χ1n) is 8.27. The molecule has 0 aromatic heterocycles. The van der Waals surface area contributed by atoms with E-state index in [-0.39, 0.29) is 17.1 Å². The zero-order chi connectivity index (χ0) is 15.5. The van der Waals surface area contributed by atoms with Crippen LogP contribution in [0.25, 0.3) is 0 Å². The van der Waals surface area contributed by atoms with Crippen LogP contribution in [0.1, 0.15) is 64.0 Å².